The fourth-order valence-corrected chi connectivity index (χ4v) is 2.91. The lowest BCUT2D eigenvalue weighted by Gasteiger charge is -2.03. The minimum atomic E-state index is -3.57. The summed E-state index contributed by atoms with van der Waals surface area (Å²) in [5.41, 5.74) is 1.34. The van der Waals surface area contributed by atoms with Crippen LogP contribution < -0.4 is 10.0 Å². The summed E-state index contributed by atoms with van der Waals surface area (Å²) in [5.74, 6) is 0. The molecule has 0 aliphatic carbocycles. The summed E-state index contributed by atoms with van der Waals surface area (Å²) in [6.45, 7) is 3.31. The lowest BCUT2D eigenvalue weighted by Crippen LogP contribution is -2.11. The maximum atomic E-state index is 12.2. The van der Waals surface area contributed by atoms with Gasteiger partial charge in [0.25, 0.3) is 10.0 Å². The van der Waals surface area contributed by atoms with E-state index in [-0.39, 0.29) is 4.90 Å². The maximum absolute atomic E-state index is 12.2. The van der Waals surface area contributed by atoms with E-state index in [2.05, 4.69) is 20.2 Å². The molecule has 0 spiro atoms. The van der Waals surface area contributed by atoms with Gasteiger partial charge in [-0.15, -0.1) is 0 Å². The molecule has 0 aliphatic rings. The fourth-order valence-electron chi connectivity index (χ4n) is 1.82. The van der Waals surface area contributed by atoms with Crippen molar-refractivity contribution < 1.29 is 8.42 Å². The number of hydrogen-bond acceptors (Lipinski definition) is 4. The first-order chi connectivity index (χ1) is 9.06. The van der Waals surface area contributed by atoms with Crippen LogP contribution in [0.3, 0.4) is 0 Å². The number of aromatic nitrogens is 3. The van der Waals surface area contributed by atoms with Gasteiger partial charge in [0.1, 0.15) is 4.90 Å². The second-order valence-electron chi connectivity index (χ2n) is 4.08. The average Bonchev–Trinajstić information content (AvgIpc) is 2.98. The minimum Gasteiger partial charge on any atom is -0.349 e. The van der Waals surface area contributed by atoms with Gasteiger partial charge in [0, 0.05) is 31.2 Å². The summed E-state index contributed by atoms with van der Waals surface area (Å²) in [6, 6.07) is 1.67. The Balaban J connectivity index is 2.30. The highest BCUT2D eigenvalue weighted by molar-refractivity contribution is 7.92. The Bertz CT molecular complexity index is 630. The van der Waals surface area contributed by atoms with E-state index < -0.39 is 10.0 Å². The molecule has 0 saturated heterocycles. The van der Waals surface area contributed by atoms with Gasteiger partial charge in [0.2, 0.25) is 0 Å². The minimum absolute atomic E-state index is 0.251. The van der Waals surface area contributed by atoms with Crippen LogP contribution in [0.2, 0.25) is 0 Å². The Morgan fingerprint density at radius 3 is 2.84 bits per heavy atom. The monoisotopic (exact) mass is 283 g/mol. The van der Waals surface area contributed by atoms with Gasteiger partial charge in [-0.05, 0) is 20.0 Å². The Kier molecular flexibility index (Phi) is 3.91. The molecular weight excluding hydrogens is 266 g/mol. The zero-order valence-electron chi connectivity index (χ0n) is 10.8. The van der Waals surface area contributed by atoms with Crippen LogP contribution in [0.1, 0.15) is 12.6 Å². The van der Waals surface area contributed by atoms with Crippen molar-refractivity contribution in [1.82, 2.24) is 20.1 Å². The summed E-state index contributed by atoms with van der Waals surface area (Å²) in [6.07, 6.45) is 4.54. The molecule has 0 saturated carbocycles. The SMILES string of the molecule is CCn1cc(S(=O)(=O)Nc2cn[nH]c2)cc1CNC. The summed E-state index contributed by atoms with van der Waals surface area (Å²) >= 11 is 0. The fraction of sp³-hybridized carbons (Fsp3) is 0.364. The number of aryl methyl sites for hydroxylation is 1. The third kappa shape index (κ3) is 2.96. The summed E-state index contributed by atoms with van der Waals surface area (Å²) in [5, 5.41) is 9.28. The molecule has 2 rings (SSSR count). The molecule has 2 aromatic rings. The Hall–Kier alpha value is -1.80. The van der Waals surface area contributed by atoms with Gasteiger partial charge >= 0.3 is 0 Å². The first-order valence-corrected chi connectivity index (χ1v) is 7.40. The highest BCUT2D eigenvalue weighted by atomic mass is 32.2. The van der Waals surface area contributed by atoms with Crippen LogP contribution in [0.15, 0.2) is 29.6 Å². The lowest BCUT2D eigenvalue weighted by atomic mass is 10.4. The van der Waals surface area contributed by atoms with Crippen LogP contribution in [0.4, 0.5) is 5.69 Å². The van der Waals surface area contributed by atoms with Gasteiger partial charge in [-0.1, -0.05) is 0 Å². The zero-order chi connectivity index (χ0) is 13.9. The predicted molar refractivity (Wildman–Crippen MR) is 72.3 cm³/mol. The molecule has 2 heterocycles. The highest BCUT2D eigenvalue weighted by Crippen LogP contribution is 2.18. The van der Waals surface area contributed by atoms with Crippen LogP contribution in [-0.2, 0) is 23.1 Å². The standard InChI is InChI=1S/C11H17N5O2S/c1-3-16-8-11(4-10(16)7-12-2)19(17,18)15-9-5-13-14-6-9/h4-6,8,12,15H,3,7H2,1-2H3,(H,13,14). The Labute approximate surface area is 112 Å². The zero-order valence-corrected chi connectivity index (χ0v) is 11.7. The molecule has 0 radical (unpaired) electrons. The van der Waals surface area contributed by atoms with E-state index in [0.717, 1.165) is 12.2 Å². The van der Waals surface area contributed by atoms with Crippen molar-refractivity contribution in [2.75, 3.05) is 11.8 Å². The second kappa shape index (κ2) is 5.45. The number of sulfonamides is 1. The van der Waals surface area contributed by atoms with Crippen LogP contribution in [0.25, 0.3) is 0 Å². The quantitative estimate of drug-likeness (QED) is 0.729. The van der Waals surface area contributed by atoms with Crippen molar-refractivity contribution >= 4 is 15.7 Å². The first-order valence-electron chi connectivity index (χ1n) is 5.92. The molecule has 0 aliphatic heterocycles. The van der Waals surface area contributed by atoms with E-state index in [4.69, 9.17) is 0 Å². The number of anilines is 1. The number of aromatic amines is 1. The third-order valence-electron chi connectivity index (χ3n) is 2.72. The normalized spacial score (nSPS) is 11.7. The van der Waals surface area contributed by atoms with E-state index in [0.29, 0.717) is 12.2 Å². The third-order valence-corrected chi connectivity index (χ3v) is 4.07. The van der Waals surface area contributed by atoms with Gasteiger partial charge < -0.3 is 9.88 Å². The van der Waals surface area contributed by atoms with Crippen molar-refractivity contribution in [2.24, 2.45) is 0 Å². The molecule has 104 valence electrons. The number of nitrogens with zero attached hydrogens (tertiary/aromatic N) is 2. The van der Waals surface area contributed by atoms with Crippen LogP contribution in [0, 0.1) is 0 Å². The Morgan fingerprint density at radius 1 is 1.47 bits per heavy atom. The lowest BCUT2D eigenvalue weighted by molar-refractivity contribution is 0.600. The molecule has 0 fully saturated rings. The van der Waals surface area contributed by atoms with Gasteiger partial charge in [0.05, 0.1) is 11.9 Å². The molecule has 7 nitrogen and oxygen atoms in total. The largest absolute Gasteiger partial charge is 0.349 e. The molecule has 0 unspecified atom stereocenters. The van der Waals surface area contributed by atoms with Crippen molar-refractivity contribution in [3.8, 4) is 0 Å². The van der Waals surface area contributed by atoms with Gasteiger partial charge in [0.15, 0.2) is 0 Å². The molecule has 0 aromatic carbocycles. The molecule has 2 aromatic heterocycles. The molecule has 0 bridgehead atoms. The van der Waals surface area contributed by atoms with E-state index >= 15 is 0 Å². The summed E-state index contributed by atoms with van der Waals surface area (Å²) in [4.78, 5) is 0.251. The molecule has 3 N–H and O–H groups in total. The molecule has 0 atom stereocenters. The smallest absolute Gasteiger partial charge is 0.263 e. The number of nitrogens with one attached hydrogen (secondary N) is 3. The van der Waals surface area contributed by atoms with Gasteiger partial charge in [-0.3, -0.25) is 9.82 Å². The molecule has 19 heavy (non-hydrogen) atoms. The first kappa shape index (κ1) is 13.6. The highest BCUT2D eigenvalue weighted by Gasteiger charge is 2.18. The summed E-state index contributed by atoms with van der Waals surface area (Å²) in [7, 11) is -1.75. The van der Waals surface area contributed by atoms with Crippen molar-refractivity contribution in [3.63, 3.8) is 0 Å². The number of hydrogen-bond donors (Lipinski definition) is 3. The Morgan fingerprint density at radius 2 is 2.26 bits per heavy atom. The van der Waals surface area contributed by atoms with Crippen molar-refractivity contribution in [1.29, 1.82) is 0 Å². The van der Waals surface area contributed by atoms with Crippen LogP contribution in [0.5, 0.6) is 0 Å². The van der Waals surface area contributed by atoms with E-state index in [1.54, 1.807) is 12.3 Å². The number of H-pyrrole nitrogens is 1. The van der Waals surface area contributed by atoms with Crippen LogP contribution >= 0.6 is 0 Å². The molecular formula is C11H17N5O2S. The van der Waals surface area contributed by atoms with E-state index in [9.17, 15) is 8.42 Å². The summed E-state index contributed by atoms with van der Waals surface area (Å²) < 4.78 is 28.8. The van der Waals surface area contributed by atoms with E-state index in [1.807, 2.05) is 18.5 Å². The van der Waals surface area contributed by atoms with Gasteiger partial charge in [-0.2, -0.15) is 5.10 Å². The van der Waals surface area contributed by atoms with E-state index in [1.165, 1.54) is 12.4 Å². The predicted octanol–water partition coefficient (Wildman–Crippen LogP) is 0.751. The number of rotatable bonds is 6. The average molecular weight is 283 g/mol. The van der Waals surface area contributed by atoms with Crippen LogP contribution in [-0.4, -0.2) is 30.2 Å². The maximum Gasteiger partial charge on any atom is 0.263 e. The van der Waals surface area contributed by atoms with Crippen molar-refractivity contribution in [2.45, 2.75) is 24.9 Å². The van der Waals surface area contributed by atoms with Gasteiger partial charge in [-0.25, -0.2) is 8.42 Å². The topological polar surface area (TPSA) is 91.8 Å². The second-order valence-corrected chi connectivity index (χ2v) is 5.76. The molecule has 8 heteroatoms. The molecule has 0 amide bonds. The van der Waals surface area contributed by atoms with Crippen molar-refractivity contribution in [3.05, 3.63) is 30.4 Å².